The Morgan fingerprint density at radius 1 is 1.08 bits per heavy atom. The second kappa shape index (κ2) is 15.8. The number of allylic oxidation sites excluding steroid dienone is 1. The molecule has 1 aliphatic carbocycles. The summed E-state index contributed by atoms with van der Waals surface area (Å²) in [6.45, 7) is 8.92. The van der Waals surface area contributed by atoms with E-state index in [2.05, 4.69) is 21.6 Å². The van der Waals surface area contributed by atoms with Crippen LogP contribution in [0, 0.1) is 5.92 Å². The molecule has 4 amide bonds. The fourth-order valence-electron chi connectivity index (χ4n) is 7.90. The molecule has 1 aromatic carbocycles. The number of alkyl carbamates (subject to hydrolysis) is 1. The smallest absolute Gasteiger partial charge is 0.410 e. The summed E-state index contributed by atoms with van der Waals surface area (Å²) in [5.74, 6) is -2.65. The summed E-state index contributed by atoms with van der Waals surface area (Å²) in [7, 11) is 0. The number of amides is 4. The predicted octanol–water partition coefficient (Wildman–Crippen LogP) is 3.40. The minimum absolute atomic E-state index is 0.0166. The van der Waals surface area contributed by atoms with Gasteiger partial charge in [0.05, 0.1) is 25.8 Å². The van der Waals surface area contributed by atoms with Crippen molar-refractivity contribution in [3.63, 3.8) is 0 Å². The molecule has 284 valence electrons. The van der Waals surface area contributed by atoms with Gasteiger partial charge in [0.1, 0.15) is 29.3 Å². The maximum Gasteiger partial charge on any atom is 0.410 e. The van der Waals surface area contributed by atoms with Crippen LogP contribution in [0.3, 0.4) is 0 Å². The molecule has 2 saturated heterocycles. The minimum Gasteiger partial charge on any atom is -0.479 e. The van der Waals surface area contributed by atoms with E-state index in [9.17, 15) is 29.1 Å². The molecule has 1 saturated carbocycles. The van der Waals surface area contributed by atoms with Crippen molar-refractivity contribution >= 4 is 30.0 Å². The summed E-state index contributed by atoms with van der Waals surface area (Å²) >= 11 is 0. The fourth-order valence-corrected chi connectivity index (χ4v) is 7.90. The SMILES string of the molecule is CC(C)(C)OC(=O)N[C@H]1CCCCC/C=C/[C@@H]2C[C@@]2(C(=O)O)NC(=O)[C@@H]2C[C@@H](OC(=O)N3CCc4ccccc4C3CN3CCOCC3)CN2C1=O. The number of hydrogen-bond acceptors (Lipinski definition) is 9. The number of morpholine rings is 1. The molecule has 14 nitrogen and oxygen atoms in total. The van der Waals surface area contributed by atoms with Crippen LogP contribution < -0.4 is 10.6 Å². The molecule has 52 heavy (non-hydrogen) atoms. The van der Waals surface area contributed by atoms with Crippen molar-refractivity contribution in [3.05, 3.63) is 47.5 Å². The summed E-state index contributed by atoms with van der Waals surface area (Å²) in [5, 5.41) is 15.7. The second-order valence-corrected chi connectivity index (χ2v) is 15.7. The Bertz CT molecular complexity index is 1540. The van der Waals surface area contributed by atoms with Crippen molar-refractivity contribution in [3.8, 4) is 0 Å². The number of fused-ring (bicyclic) bond motifs is 3. The van der Waals surface area contributed by atoms with Gasteiger partial charge in [0.2, 0.25) is 11.8 Å². The van der Waals surface area contributed by atoms with Crippen molar-refractivity contribution in [2.75, 3.05) is 45.9 Å². The van der Waals surface area contributed by atoms with Crippen molar-refractivity contribution in [2.24, 2.45) is 5.92 Å². The molecule has 5 aliphatic rings. The molecule has 6 atom stereocenters. The summed E-state index contributed by atoms with van der Waals surface area (Å²) < 4.78 is 17.2. The summed E-state index contributed by atoms with van der Waals surface area (Å²) in [6.07, 6.45) is 5.84. The van der Waals surface area contributed by atoms with E-state index in [1.165, 1.54) is 10.5 Å². The maximum absolute atomic E-state index is 14.3. The third-order valence-electron chi connectivity index (χ3n) is 10.8. The van der Waals surface area contributed by atoms with Gasteiger partial charge in [-0.1, -0.05) is 49.3 Å². The number of aliphatic carboxylic acids is 1. The third-order valence-corrected chi connectivity index (χ3v) is 10.8. The third kappa shape index (κ3) is 8.71. The van der Waals surface area contributed by atoms with Crippen LogP contribution in [0.4, 0.5) is 9.59 Å². The lowest BCUT2D eigenvalue weighted by atomic mass is 9.92. The maximum atomic E-state index is 14.3. The van der Waals surface area contributed by atoms with Gasteiger partial charge in [0.25, 0.3) is 0 Å². The van der Waals surface area contributed by atoms with Gasteiger partial charge in [-0.2, -0.15) is 0 Å². The van der Waals surface area contributed by atoms with Crippen LogP contribution in [-0.4, -0.2) is 125 Å². The molecule has 3 fully saturated rings. The lowest BCUT2D eigenvalue weighted by Gasteiger charge is -2.40. The normalized spacial score (nSPS) is 30.7. The molecular formula is C38H53N5O9. The number of carbonyl (C=O) groups excluding carboxylic acids is 4. The number of benzene rings is 1. The van der Waals surface area contributed by atoms with Crippen LogP contribution in [0.15, 0.2) is 36.4 Å². The van der Waals surface area contributed by atoms with Crippen molar-refractivity contribution < 1.29 is 43.3 Å². The largest absolute Gasteiger partial charge is 0.479 e. The van der Waals surface area contributed by atoms with Gasteiger partial charge in [-0.25, -0.2) is 14.4 Å². The molecule has 14 heteroatoms. The molecule has 1 aromatic rings. The zero-order valence-corrected chi connectivity index (χ0v) is 30.5. The molecular weight excluding hydrogens is 670 g/mol. The Kier molecular flexibility index (Phi) is 11.4. The van der Waals surface area contributed by atoms with E-state index in [-0.39, 0.29) is 31.3 Å². The van der Waals surface area contributed by atoms with Crippen LogP contribution in [0.2, 0.25) is 0 Å². The summed E-state index contributed by atoms with van der Waals surface area (Å²) in [6, 6.07) is 5.72. The number of ether oxygens (including phenoxy) is 3. The lowest BCUT2D eigenvalue weighted by molar-refractivity contribution is -0.145. The topological polar surface area (TPSA) is 167 Å². The van der Waals surface area contributed by atoms with Crippen molar-refractivity contribution in [1.82, 2.24) is 25.3 Å². The zero-order valence-electron chi connectivity index (χ0n) is 30.5. The van der Waals surface area contributed by atoms with Gasteiger partial charge in [-0.15, -0.1) is 0 Å². The first kappa shape index (κ1) is 37.6. The molecule has 0 spiro atoms. The van der Waals surface area contributed by atoms with Crippen LogP contribution in [0.25, 0.3) is 0 Å². The van der Waals surface area contributed by atoms with Crippen LogP contribution in [0.1, 0.15) is 82.9 Å². The van der Waals surface area contributed by atoms with E-state index in [0.29, 0.717) is 45.6 Å². The highest BCUT2D eigenvalue weighted by Gasteiger charge is 2.61. The van der Waals surface area contributed by atoms with Crippen LogP contribution in [-0.2, 0) is 35.0 Å². The molecule has 1 unspecified atom stereocenters. The van der Waals surface area contributed by atoms with Gasteiger partial charge in [0, 0.05) is 38.5 Å². The molecule has 0 radical (unpaired) electrons. The number of nitrogens with zero attached hydrogens (tertiary/aromatic N) is 3. The molecule has 4 heterocycles. The number of nitrogens with one attached hydrogen (secondary N) is 2. The monoisotopic (exact) mass is 723 g/mol. The quantitative estimate of drug-likeness (QED) is 0.384. The van der Waals surface area contributed by atoms with E-state index in [4.69, 9.17) is 14.2 Å². The first-order valence-corrected chi connectivity index (χ1v) is 18.7. The number of carboxylic acids is 1. The van der Waals surface area contributed by atoms with Gasteiger partial charge in [0.15, 0.2) is 0 Å². The summed E-state index contributed by atoms with van der Waals surface area (Å²) in [5.41, 5.74) is -0.0223. The standard InChI is InChI=1S/C38H53N5O9/c1-37(2,3)52-35(48)39-29-14-8-6-4-5-7-12-26-22-38(26,34(46)47)40-32(44)30-21-27(23-43(30)33(29)45)51-36(49)42-16-15-25-11-9-10-13-28(25)31(42)24-41-17-19-50-20-18-41/h7,9-13,26-27,29-31H,4-6,8,14-24H2,1-3H3,(H,39,48)(H,40,44)(H,46,47)/b12-7+/t26-,27-,29+,30+,31?,38-/m1/s1. The van der Waals surface area contributed by atoms with Crippen LogP contribution in [0.5, 0.6) is 0 Å². The van der Waals surface area contributed by atoms with Gasteiger partial charge >= 0.3 is 18.2 Å². The number of rotatable bonds is 5. The Morgan fingerprint density at radius 3 is 2.60 bits per heavy atom. The highest BCUT2D eigenvalue weighted by Crippen LogP contribution is 2.45. The lowest BCUT2D eigenvalue weighted by Crippen LogP contribution is -2.56. The predicted molar refractivity (Wildman–Crippen MR) is 189 cm³/mol. The average molecular weight is 724 g/mol. The van der Waals surface area contributed by atoms with E-state index in [1.807, 2.05) is 30.4 Å². The molecule has 0 bridgehead atoms. The van der Waals surface area contributed by atoms with Crippen LogP contribution >= 0.6 is 0 Å². The first-order valence-electron chi connectivity index (χ1n) is 18.7. The van der Waals surface area contributed by atoms with E-state index < -0.39 is 59.3 Å². The van der Waals surface area contributed by atoms with Crippen molar-refractivity contribution in [1.29, 1.82) is 0 Å². The Balaban J connectivity index is 1.24. The van der Waals surface area contributed by atoms with Gasteiger partial charge < -0.3 is 34.9 Å². The molecule has 3 N–H and O–H groups in total. The summed E-state index contributed by atoms with van der Waals surface area (Å²) in [4.78, 5) is 73.2. The Morgan fingerprint density at radius 2 is 1.85 bits per heavy atom. The average Bonchev–Trinajstić information content (AvgIpc) is 3.64. The fraction of sp³-hybridized carbons (Fsp3) is 0.658. The zero-order chi connectivity index (χ0) is 37.0. The van der Waals surface area contributed by atoms with Crippen molar-refractivity contribution in [2.45, 2.75) is 108 Å². The van der Waals surface area contributed by atoms with Gasteiger partial charge in [-0.3, -0.25) is 19.4 Å². The Labute approximate surface area is 305 Å². The number of hydrogen-bond donors (Lipinski definition) is 3. The Hall–Kier alpha value is -4.17. The number of carbonyl (C=O) groups is 5. The van der Waals surface area contributed by atoms with Gasteiger partial charge in [-0.05, 0) is 64.0 Å². The highest BCUT2D eigenvalue weighted by atomic mass is 16.6. The molecule has 0 aromatic heterocycles. The van der Waals surface area contributed by atoms with E-state index in [1.54, 1.807) is 25.7 Å². The second-order valence-electron chi connectivity index (χ2n) is 15.7. The van der Waals surface area contributed by atoms with E-state index >= 15 is 0 Å². The molecule has 4 aliphatic heterocycles. The molecule has 6 rings (SSSR count). The number of carboxylic acid groups (broad SMARTS) is 1. The minimum atomic E-state index is -1.47. The van der Waals surface area contributed by atoms with E-state index in [0.717, 1.165) is 37.9 Å². The highest BCUT2D eigenvalue weighted by molar-refractivity contribution is 5.96. The first-order chi connectivity index (χ1) is 24.8.